The number of aromatic nitrogens is 2. The average Bonchev–Trinajstić information content (AvgIpc) is 2.15. The number of rotatable bonds is 4. The van der Waals surface area contributed by atoms with Gasteiger partial charge in [0.05, 0.1) is 6.54 Å². The van der Waals surface area contributed by atoms with Crippen LogP contribution in [0.2, 0.25) is 5.28 Å². The monoisotopic (exact) mass is 214 g/mol. The smallest absolute Gasteiger partial charge is 0.239 e. The number of anilines is 1. The molecule has 1 amide bonds. The number of carbonyl (C=O) groups is 1. The van der Waals surface area contributed by atoms with Crippen LogP contribution >= 0.6 is 11.6 Å². The summed E-state index contributed by atoms with van der Waals surface area (Å²) < 4.78 is 0. The zero-order valence-corrected chi connectivity index (χ0v) is 8.51. The lowest BCUT2D eigenvalue weighted by atomic mass is 10.5. The molecule has 0 aromatic carbocycles. The molecule has 0 radical (unpaired) electrons. The Kier molecular flexibility index (Phi) is 4.12. The Balaban J connectivity index is 2.41. The van der Waals surface area contributed by atoms with Gasteiger partial charge >= 0.3 is 0 Å². The highest BCUT2D eigenvalue weighted by Gasteiger charge is 2.00. The number of nitrogens with zero attached hydrogens (tertiary/aromatic N) is 2. The highest BCUT2D eigenvalue weighted by Crippen LogP contribution is 2.04. The topological polar surface area (TPSA) is 66.9 Å². The molecule has 1 heterocycles. The minimum Gasteiger partial charge on any atom is -0.361 e. The van der Waals surface area contributed by atoms with E-state index in [1.165, 1.54) is 6.20 Å². The lowest BCUT2D eigenvalue weighted by molar-refractivity contribution is -0.119. The van der Waals surface area contributed by atoms with Crippen molar-refractivity contribution < 1.29 is 4.79 Å². The Morgan fingerprint density at radius 1 is 1.64 bits per heavy atom. The second-order valence-corrected chi connectivity index (χ2v) is 2.86. The summed E-state index contributed by atoms with van der Waals surface area (Å²) in [7, 11) is 0. The minimum absolute atomic E-state index is 0.0813. The molecule has 1 aromatic heterocycles. The summed E-state index contributed by atoms with van der Waals surface area (Å²) in [6, 6.07) is 1.64. The maximum atomic E-state index is 11.1. The molecule has 2 N–H and O–H groups in total. The van der Waals surface area contributed by atoms with Gasteiger partial charge in [-0.1, -0.05) is 0 Å². The van der Waals surface area contributed by atoms with E-state index < -0.39 is 0 Å². The van der Waals surface area contributed by atoms with Crippen LogP contribution in [-0.2, 0) is 4.79 Å². The lowest BCUT2D eigenvalue weighted by Gasteiger charge is -2.04. The first-order valence-corrected chi connectivity index (χ1v) is 4.59. The minimum atomic E-state index is -0.0813. The van der Waals surface area contributed by atoms with Crippen molar-refractivity contribution in [2.75, 3.05) is 18.4 Å². The van der Waals surface area contributed by atoms with Crippen molar-refractivity contribution in [3.8, 4) is 0 Å². The van der Waals surface area contributed by atoms with Crippen molar-refractivity contribution in [3.63, 3.8) is 0 Å². The van der Waals surface area contributed by atoms with Crippen LogP contribution in [0.5, 0.6) is 0 Å². The van der Waals surface area contributed by atoms with E-state index >= 15 is 0 Å². The molecule has 1 rings (SSSR count). The van der Waals surface area contributed by atoms with Crippen molar-refractivity contribution in [1.82, 2.24) is 15.3 Å². The highest BCUT2D eigenvalue weighted by atomic mass is 35.5. The van der Waals surface area contributed by atoms with Crippen LogP contribution in [-0.4, -0.2) is 29.0 Å². The maximum Gasteiger partial charge on any atom is 0.239 e. The van der Waals surface area contributed by atoms with Crippen molar-refractivity contribution >= 4 is 23.3 Å². The molecule has 0 aliphatic carbocycles. The third kappa shape index (κ3) is 3.57. The second-order valence-electron chi connectivity index (χ2n) is 2.52. The predicted molar refractivity (Wildman–Crippen MR) is 54.2 cm³/mol. The molecule has 14 heavy (non-hydrogen) atoms. The van der Waals surface area contributed by atoms with Gasteiger partial charge in [-0.2, -0.15) is 0 Å². The van der Waals surface area contributed by atoms with Crippen molar-refractivity contribution in [3.05, 3.63) is 17.5 Å². The third-order valence-electron chi connectivity index (χ3n) is 1.43. The Bertz CT molecular complexity index is 318. The number of carbonyl (C=O) groups excluding carboxylic acids is 1. The molecule has 5 nitrogen and oxygen atoms in total. The summed E-state index contributed by atoms with van der Waals surface area (Å²) in [5, 5.41) is 5.63. The molecule has 6 heteroatoms. The zero-order valence-electron chi connectivity index (χ0n) is 7.75. The second kappa shape index (κ2) is 5.39. The molecule has 0 aliphatic heterocycles. The molecule has 0 unspecified atom stereocenters. The highest BCUT2D eigenvalue weighted by molar-refractivity contribution is 6.28. The summed E-state index contributed by atoms with van der Waals surface area (Å²) in [4.78, 5) is 18.6. The summed E-state index contributed by atoms with van der Waals surface area (Å²) in [5.74, 6) is 0.457. The number of nitrogens with one attached hydrogen (secondary N) is 2. The van der Waals surface area contributed by atoms with Gasteiger partial charge in [0.1, 0.15) is 5.82 Å². The standard InChI is InChI=1S/C8H11ClN4O/c1-2-10-7(14)5-12-6-3-4-11-8(9)13-6/h3-4H,2,5H2,1H3,(H,10,14)(H,11,12,13). The van der Waals surface area contributed by atoms with Crippen LogP contribution in [0, 0.1) is 0 Å². The van der Waals surface area contributed by atoms with Crippen LogP contribution in [0.25, 0.3) is 0 Å². The first-order valence-electron chi connectivity index (χ1n) is 4.21. The summed E-state index contributed by atoms with van der Waals surface area (Å²) in [6.45, 7) is 2.66. The van der Waals surface area contributed by atoms with Gasteiger partial charge in [-0.3, -0.25) is 4.79 Å². The number of hydrogen-bond donors (Lipinski definition) is 2. The van der Waals surface area contributed by atoms with Gasteiger partial charge in [-0.15, -0.1) is 0 Å². The van der Waals surface area contributed by atoms with Gasteiger partial charge < -0.3 is 10.6 Å². The quantitative estimate of drug-likeness (QED) is 0.724. The van der Waals surface area contributed by atoms with E-state index in [9.17, 15) is 4.79 Å². The van der Waals surface area contributed by atoms with E-state index in [1.54, 1.807) is 6.07 Å². The van der Waals surface area contributed by atoms with Crippen LogP contribution < -0.4 is 10.6 Å². The maximum absolute atomic E-state index is 11.1. The summed E-state index contributed by atoms with van der Waals surface area (Å²) in [6.07, 6.45) is 1.52. The third-order valence-corrected chi connectivity index (χ3v) is 1.61. The molecule has 76 valence electrons. The first-order chi connectivity index (χ1) is 6.72. The van der Waals surface area contributed by atoms with Gasteiger partial charge in [0, 0.05) is 12.7 Å². The van der Waals surface area contributed by atoms with Crippen LogP contribution in [0.1, 0.15) is 6.92 Å². The summed E-state index contributed by atoms with van der Waals surface area (Å²) >= 11 is 5.56. The first kappa shape index (κ1) is 10.7. The molecule has 0 bridgehead atoms. The average molecular weight is 215 g/mol. The predicted octanol–water partition coefficient (Wildman–Crippen LogP) is 0.678. The largest absolute Gasteiger partial charge is 0.361 e. The van der Waals surface area contributed by atoms with Crippen molar-refractivity contribution in [2.24, 2.45) is 0 Å². The van der Waals surface area contributed by atoms with E-state index in [0.717, 1.165) is 0 Å². The fraction of sp³-hybridized carbons (Fsp3) is 0.375. The van der Waals surface area contributed by atoms with Gasteiger partial charge in [-0.05, 0) is 24.6 Å². The molecule has 1 aromatic rings. The van der Waals surface area contributed by atoms with Gasteiger partial charge in [0.15, 0.2) is 0 Å². The number of likely N-dealkylation sites (N-methyl/N-ethyl adjacent to an activating group) is 1. The number of amides is 1. The molecule has 0 saturated heterocycles. The van der Waals surface area contributed by atoms with Crippen molar-refractivity contribution in [2.45, 2.75) is 6.92 Å². The number of hydrogen-bond acceptors (Lipinski definition) is 4. The Hall–Kier alpha value is -1.36. The Morgan fingerprint density at radius 2 is 2.43 bits per heavy atom. The van der Waals surface area contributed by atoms with Gasteiger partial charge in [0.2, 0.25) is 11.2 Å². The lowest BCUT2D eigenvalue weighted by Crippen LogP contribution is -2.29. The normalized spacial score (nSPS) is 9.57. The molecular formula is C8H11ClN4O. The van der Waals surface area contributed by atoms with E-state index in [2.05, 4.69) is 20.6 Å². The van der Waals surface area contributed by atoms with E-state index in [0.29, 0.717) is 12.4 Å². The molecule has 0 spiro atoms. The molecule has 0 aliphatic rings. The Morgan fingerprint density at radius 3 is 3.07 bits per heavy atom. The molecule has 0 fully saturated rings. The zero-order chi connectivity index (χ0) is 10.4. The fourth-order valence-electron chi connectivity index (χ4n) is 0.864. The van der Waals surface area contributed by atoms with Crippen LogP contribution in [0.4, 0.5) is 5.82 Å². The van der Waals surface area contributed by atoms with E-state index in [1.807, 2.05) is 6.92 Å². The van der Waals surface area contributed by atoms with Crippen LogP contribution in [0.3, 0.4) is 0 Å². The van der Waals surface area contributed by atoms with E-state index in [4.69, 9.17) is 11.6 Å². The fourth-order valence-corrected chi connectivity index (χ4v) is 1.01. The molecular weight excluding hydrogens is 204 g/mol. The number of halogens is 1. The summed E-state index contributed by atoms with van der Waals surface area (Å²) in [5.41, 5.74) is 0. The molecule has 0 atom stereocenters. The van der Waals surface area contributed by atoms with Gasteiger partial charge in [0.25, 0.3) is 0 Å². The van der Waals surface area contributed by atoms with Crippen molar-refractivity contribution in [1.29, 1.82) is 0 Å². The molecule has 0 saturated carbocycles. The van der Waals surface area contributed by atoms with Crippen LogP contribution in [0.15, 0.2) is 12.3 Å². The SMILES string of the molecule is CCNC(=O)CNc1ccnc(Cl)n1. The Labute approximate surface area is 86.9 Å². The van der Waals surface area contributed by atoms with Gasteiger partial charge in [-0.25, -0.2) is 9.97 Å². The van der Waals surface area contributed by atoms with E-state index in [-0.39, 0.29) is 17.7 Å².